The Balaban J connectivity index is 0.00000118. The topological polar surface area (TPSA) is 170 Å². The molecule has 0 spiro atoms. The Morgan fingerprint density at radius 1 is 1.10 bits per heavy atom. The van der Waals surface area contributed by atoms with Crippen LogP contribution >= 0.6 is 0 Å². The number of nitrogens with one attached hydrogen (secondary N) is 1. The van der Waals surface area contributed by atoms with E-state index in [9.17, 15) is 22.3 Å². The van der Waals surface area contributed by atoms with Crippen molar-refractivity contribution in [1.82, 2.24) is 14.5 Å². The number of ether oxygens (including phenoxy) is 1. The number of aliphatic hydroxyl groups is 1. The Morgan fingerprint density at radius 3 is 2.45 bits per heavy atom. The van der Waals surface area contributed by atoms with Crippen molar-refractivity contribution in [1.29, 1.82) is 0 Å². The molecule has 0 radical (unpaired) electrons. The molecular weight excluding hydrogens is 548 g/mol. The number of nitrogens with zero attached hydrogens (tertiary/aromatic N) is 3. The number of nitrogens with two attached hydrogens (primary N) is 1. The fraction of sp³-hybridized carbons (Fsp3) is 0.269. The molecule has 4 aromatic rings. The second-order valence-electron chi connectivity index (χ2n) is 9.07. The van der Waals surface area contributed by atoms with Gasteiger partial charge in [0.05, 0.1) is 24.2 Å². The number of halogens is 2. The van der Waals surface area contributed by atoms with Gasteiger partial charge in [0.15, 0.2) is 0 Å². The highest BCUT2D eigenvalue weighted by atomic mass is 32.2. The molecule has 1 aliphatic carbocycles. The van der Waals surface area contributed by atoms with Crippen LogP contribution in [0.3, 0.4) is 0 Å². The van der Waals surface area contributed by atoms with E-state index in [1.54, 1.807) is 0 Å². The number of sulfonamides is 1. The predicted octanol–water partition coefficient (Wildman–Crippen LogP) is 3.94. The van der Waals surface area contributed by atoms with E-state index >= 15 is 0 Å². The summed E-state index contributed by atoms with van der Waals surface area (Å²) in [6, 6.07) is 9.35. The standard InChI is InChI=1S/C25H25F2N5O4S.CH2O2/c1-36-24-21(31-37(34,35)23-9-3-16(26)12-19(23)27)10-15(13-29-24)14-2-8-20-22(11-14)32(25(28)30-20)17-4-6-18(33)7-5-17;2-1-3/h2-3,8-13,17-18,31,33H,4-7H2,1H3,(H2,28,30);1H,(H,2,3)/t17-,18-;. The van der Waals surface area contributed by atoms with Crippen molar-refractivity contribution >= 4 is 39.2 Å². The van der Waals surface area contributed by atoms with Crippen molar-refractivity contribution < 1.29 is 36.9 Å². The molecule has 0 amide bonds. The van der Waals surface area contributed by atoms with Gasteiger partial charge in [0, 0.05) is 23.9 Å². The van der Waals surface area contributed by atoms with Crippen LogP contribution in [0.25, 0.3) is 22.2 Å². The maximum Gasteiger partial charge on any atom is 0.290 e. The molecule has 1 fully saturated rings. The lowest BCUT2D eigenvalue weighted by Crippen LogP contribution is -2.22. The first-order valence-electron chi connectivity index (χ1n) is 12.1. The molecule has 2 aromatic heterocycles. The quantitative estimate of drug-likeness (QED) is 0.249. The molecule has 2 heterocycles. The summed E-state index contributed by atoms with van der Waals surface area (Å²) >= 11 is 0. The number of pyridine rings is 1. The van der Waals surface area contributed by atoms with Gasteiger partial charge in [-0.1, -0.05) is 6.07 Å². The first-order chi connectivity index (χ1) is 19.1. The first-order valence-corrected chi connectivity index (χ1v) is 13.6. The number of nitrogen functional groups attached to an aromatic ring is 1. The summed E-state index contributed by atoms with van der Waals surface area (Å²) in [4.78, 5) is 16.3. The van der Waals surface area contributed by atoms with Gasteiger partial charge in [0.25, 0.3) is 16.5 Å². The summed E-state index contributed by atoms with van der Waals surface area (Å²) in [5.74, 6) is -1.75. The molecule has 2 aromatic carbocycles. The van der Waals surface area contributed by atoms with Gasteiger partial charge >= 0.3 is 0 Å². The Kier molecular flexibility index (Phi) is 8.49. The van der Waals surface area contributed by atoms with Gasteiger partial charge in [-0.05, 0) is 61.6 Å². The van der Waals surface area contributed by atoms with Crippen molar-refractivity contribution in [3.8, 4) is 17.0 Å². The molecule has 14 heteroatoms. The summed E-state index contributed by atoms with van der Waals surface area (Å²) in [6.07, 6.45) is 4.14. The van der Waals surface area contributed by atoms with Crippen molar-refractivity contribution in [3.05, 3.63) is 60.3 Å². The number of hydrogen-bond acceptors (Lipinski definition) is 8. The molecule has 5 rings (SSSR count). The van der Waals surface area contributed by atoms with E-state index in [0.29, 0.717) is 41.5 Å². The van der Waals surface area contributed by atoms with E-state index in [0.717, 1.165) is 30.5 Å². The number of carboxylic acid groups (broad SMARTS) is 1. The maximum atomic E-state index is 14.2. The van der Waals surface area contributed by atoms with Gasteiger partial charge in [0.2, 0.25) is 11.8 Å². The summed E-state index contributed by atoms with van der Waals surface area (Å²) in [5, 5.41) is 16.8. The van der Waals surface area contributed by atoms with Gasteiger partial charge in [-0.2, -0.15) is 0 Å². The minimum atomic E-state index is -4.41. The second kappa shape index (κ2) is 11.8. The van der Waals surface area contributed by atoms with E-state index in [1.165, 1.54) is 19.4 Å². The summed E-state index contributed by atoms with van der Waals surface area (Å²) < 4.78 is 62.7. The number of carbonyl (C=O) groups is 1. The smallest absolute Gasteiger partial charge is 0.290 e. The van der Waals surface area contributed by atoms with Crippen LogP contribution in [0.4, 0.5) is 20.4 Å². The van der Waals surface area contributed by atoms with E-state index < -0.39 is 26.6 Å². The zero-order valence-corrected chi connectivity index (χ0v) is 22.1. The van der Waals surface area contributed by atoms with Crippen molar-refractivity contribution in [2.45, 2.75) is 42.7 Å². The lowest BCUT2D eigenvalue weighted by Gasteiger charge is -2.27. The van der Waals surface area contributed by atoms with Gasteiger partial charge < -0.3 is 25.3 Å². The number of benzene rings is 2. The minimum Gasteiger partial charge on any atom is -0.483 e. The van der Waals surface area contributed by atoms with Crippen LogP contribution in [0.1, 0.15) is 31.7 Å². The molecule has 0 bridgehead atoms. The van der Waals surface area contributed by atoms with Gasteiger partial charge in [-0.3, -0.25) is 9.52 Å². The van der Waals surface area contributed by atoms with Crippen LogP contribution in [-0.2, 0) is 14.8 Å². The van der Waals surface area contributed by atoms with E-state index in [2.05, 4.69) is 14.7 Å². The molecule has 40 heavy (non-hydrogen) atoms. The monoisotopic (exact) mass is 575 g/mol. The highest BCUT2D eigenvalue weighted by Crippen LogP contribution is 2.36. The highest BCUT2D eigenvalue weighted by molar-refractivity contribution is 7.92. The average Bonchev–Trinajstić information content (AvgIpc) is 3.24. The normalized spacial score (nSPS) is 17.1. The third kappa shape index (κ3) is 5.97. The van der Waals surface area contributed by atoms with Gasteiger partial charge in [0.1, 0.15) is 22.2 Å². The molecule has 0 saturated heterocycles. The lowest BCUT2D eigenvalue weighted by atomic mass is 9.93. The SMILES string of the molecule is COc1ncc(-c2ccc3nc(N)n([C@H]4CC[C@H](O)CC4)c3c2)cc1NS(=O)(=O)c1ccc(F)cc1F.O=CO. The second-order valence-corrected chi connectivity index (χ2v) is 10.7. The molecule has 0 aliphatic heterocycles. The lowest BCUT2D eigenvalue weighted by molar-refractivity contribution is -0.122. The molecule has 1 aliphatic rings. The predicted molar refractivity (Wildman–Crippen MR) is 143 cm³/mol. The van der Waals surface area contributed by atoms with Crippen LogP contribution < -0.4 is 15.2 Å². The molecule has 212 valence electrons. The number of anilines is 2. The molecule has 11 nitrogen and oxygen atoms in total. The van der Waals surface area contributed by atoms with Crippen molar-refractivity contribution in [2.75, 3.05) is 17.6 Å². The summed E-state index contributed by atoms with van der Waals surface area (Å²) in [5.41, 5.74) is 9.02. The van der Waals surface area contributed by atoms with Crippen LogP contribution in [-0.4, -0.2) is 52.9 Å². The summed E-state index contributed by atoms with van der Waals surface area (Å²) in [7, 11) is -3.09. The minimum absolute atomic E-state index is 0.0156. The first kappa shape index (κ1) is 28.7. The largest absolute Gasteiger partial charge is 0.483 e. The average molecular weight is 576 g/mol. The summed E-state index contributed by atoms with van der Waals surface area (Å²) in [6.45, 7) is -0.250. The van der Waals surface area contributed by atoms with E-state index in [-0.39, 0.29) is 30.2 Å². The number of rotatable bonds is 6. The zero-order chi connectivity index (χ0) is 29.0. The molecule has 1 saturated carbocycles. The highest BCUT2D eigenvalue weighted by Gasteiger charge is 2.25. The van der Waals surface area contributed by atoms with Crippen LogP contribution in [0, 0.1) is 11.6 Å². The fourth-order valence-corrected chi connectivity index (χ4v) is 5.84. The zero-order valence-electron chi connectivity index (χ0n) is 21.3. The van der Waals surface area contributed by atoms with E-state index in [1.807, 2.05) is 22.8 Å². The number of fused-ring (bicyclic) bond motifs is 1. The molecule has 0 atom stereocenters. The Hall–Kier alpha value is -4.30. The number of aromatic nitrogens is 3. The molecule has 0 unspecified atom stereocenters. The van der Waals surface area contributed by atoms with E-state index in [4.69, 9.17) is 20.4 Å². The van der Waals surface area contributed by atoms with Crippen LogP contribution in [0.15, 0.2) is 53.6 Å². The number of aliphatic hydroxyl groups excluding tert-OH is 1. The third-order valence-corrected chi connectivity index (χ3v) is 7.95. The van der Waals surface area contributed by atoms with Crippen molar-refractivity contribution in [2.24, 2.45) is 0 Å². The molecule has 5 N–H and O–H groups in total. The van der Waals surface area contributed by atoms with Gasteiger partial charge in [-0.15, -0.1) is 0 Å². The van der Waals surface area contributed by atoms with Crippen molar-refractivity contribution in [3.63, 3.8) is 0 Å². The van der Waals surface area contributed by atoms with Gasteiger partial charge in [-0.25, -0.2) is 27.2 Å². The molecular formula is C26H27F2N5O6S. The third-order valence-electron chi connectivity index (χ3n) is 6.55. The number of imidazole rings is 1. The van der Waals surface area contributed by atoms with Crippen LogP contribution in [0.2, 0.25) is 0 Å². The maximum absolute atomic E-state index is 14.2. The Morgan fingerprint density at radius 2 is 1.80 bits per heavy atom. The van der Waals surface area contributed by atoms with Crippen LogP contribution in [0.5, 0.6) is 5.88 Å². The number of hydrogen-bond donors (Lipinski definition) is 4. The fourth-order valence-electron chi connectivity index (χ4n) is 4.73. The Bertz CT molecular complexity index is 1640. The Labute approximate surface area is 228 Å². The number of methoxy groups -OCH3 is 1.